The average Bonchev–Trinajstić information content (AvgIpc) is 3.20. The highest BCUT2D eigenvalue weighted by Crippen LogP contribution is 2.43. The first-order valence-corrected chi connectivity index (χ1v) is 12.7. The molecule has 1 fully saturated rings. The molecule has 36 heavy (non-hydrogen) atoms. The minimum atomic E-state index is -1.40. The van der Waals surface area contributed by atoms with Crippen LogP contribution in [0.15, 0.2) is 48.5 Å². The first kappa shape index (κ1) is 27.5. The van der Waals surface area contributed by atoms with Crippen LogP contribution in [0.2, 0.25) is 0 Å². The van der Waals surface area contributed by atoms with Crippen LogP contribution in [0, 0.1) is 5.82 Å². The van der Waals surface area contributed by atoms with Crippen molar-refractivity contribution in [3.63, 3.8) is 0 Å². The Balaban J connectivity index is 1.97. The number of benzene rings is 2. The molecule has 0 saturated carbocycles. The molecule has 2 aromatic rings. The summed E-state index contributed by atoms with van der Waals surface area (Å²) in [5, 5.41) is 9.58. The number of unbranched alkanes of at least 4 members (excludes halogenated alkanes) is 2. The molecule has 0 aromatic heterocycles. The second-order valence-corrected chi connectivity index (χ2v) is 9.25. The number of ether oxygens (including phenoxy) is 2. The third-order valence-corrected chi connectivity index (χ3v) is 6.76. The summed E-state index contributed by atoms with van der Waals surface area (Å²) in [4.78, 5) is 29.1. The van der Waals surface area contributed by atoms with E-state index < -0.39 is 30.0 Å². The van der Waals surface area contributed by atoms with Crippen LogP contribution in [0.4, 0.5) is 9.18 Å². The van der Waals surface area contributed by atoms with Crippen LogP contribution in [0.25, 0.3) is 0 Å². The van der Waals surface area contributed by atoms with Crippen LogP contribution in [-0.2, 0) is 9.53 Å². The van der Waals surface area contributed by atoms with Gasteiger partial charge in [0, 0.05) is 25.6 Å². The van der Waals surface area contributed by atoms with Crippen molar-refractivity contribution in [3.05, 3.63) is 65.5 Å². The van der Waals surface area contributed by atoms with Gasteiger partial charge in [0.1, 0.15) is 17.7 Å². The molecule has 0 bridgehead atoms. The number of carboxylic acid groups (broad SMARTS) is 1. The minimum Gasteiger partial charge on any atom is -0.497 e. The van der Waals surface area contributed by atoms with Gasteiger partial charge in [-0.15, -0.1) is 0 Å². The van der Waals surface area contributed by atoms with E-state index in [1.807, 2.05) is 21.9 Å². The standard InChI is InChI=1S/C28H37FN2O5/c1-4-6-15-30(16-7-5-2)25(32)19-31-18-24(21-9-8-10-22(29)17-21)27(36-28(33)34)26(31)20-11-13-23(35-3)14-12-20/h8-14,17,24,26-27H,4-7,15-16,18-19H2,1-3H3,(H,33,34)/t24-,26-,27+/m1/s1. The molecule has 1 aliphatic rings. The number of hydrogen-bond donors (Lipinski definition) is 1. The van der Waals surface area contributed by atoms with Gasteiger partial charge < -0.3 is 19.5 Å². The van der Waals surface area contributed by atoms with Gasteiger partial charge >= 0.3 is 6.16 Å². The highest BCUT2D eigenvalue weighted by Gasteiger charge is 2.46. The SMILES string of the molecule is CCCCN(CCCC)C(=O)CN1C[C@H](c2cccc(F)c2)[C@H](OC(=O)O)[C@H]1c1ccc(OC)cc1. The van der Waals surface area contributed by atoms with Crippen LogP contribution in [0.1, 0.15) is 62.6 Å². The van der Waals surface area contributed by atoms with Crippen molar-refractivity contribution in [1.29, 1.82) is 0 Å². The molecule has 0 radical (unpaired) electrons. The van der Waals surface area contributed by atoms with E-state index in [4.69, 9.17) is 9.47 Å². The Bertz CT molecular complexity index is 992. The third-order valence-electron chi connectivity index (χ3n) is 6.76. The number of methoxy groups -OCH3 is 1. The van der Waals surface area contributed by atoms with Gasteiger partial charge in [-0.1, -0.05) is 51.0 Å². The predicted molar refractivity (Wildman–Crippen MR) is 136 cm³/mol. The molecule has 196 valence electrons. The maximum absolute atomic E-state index is 14.1. The van der Waals surface area contributed by atoms with Crippen molar-refractivity contribution in [2.75, 3.05) is 33.3 Å². The molecule has 1 aliphatic heterocycles. The van der Waals surface area contributed by atoms with Gasteiger partial charge in [-0.3, -0.25) is 9.69 Å². The molecule has 2 aromatic carbocycles. The molecule has 8 heteroatoms. The maximum atomic E-state index is 14.1. The largest absolute Gasteiger partial charge is 0.506 e. The molecule has 0 aliphatic carbocycles. The number of hydrogen-bond acceptors (Lipinski definition) is 5. The fourth-order valence-electron chi connectivity index (χ4n) is 4.89. The van der Waals surface area contributed by atoms with E-state index in [1.54, 1.807) is 31.4 Å². The Hall–Kier alpha value is -3.13. The number of nitrogens with zero attached hydrogens (tertiary/aromatic N) is 2. The summed E-state index contributed by atoms with van der Waals surface area (Å²) in [6.07, 6.45) is 1.61. The zero-order valence-corrected chi connectivity index (χ0v) is 21.4. The molecule has 1 amide bonds. The van der Waals surface area contributed by atoms with Crippen molar-refractivity contribution in [2.24, 2.45) is 0 Å². The first-order valence-electron chi connectivity index (χ1n) is 12.7. The van der Waals surface area contributed by atoms with Gasteiger partial charge in [-0.05, 0) is 48.2 Å². The monoisotopic (exact) mass is 500 g/mol. The number of likely N-dealkylation sites (tertiary alicyclic amines) is 1. The normalized spacial score (nSPS) is 19.7. The smallest absolute Gasteiger partial charge is 0.497 e. The van der Waals surface area contributed by atoms with Gasteiger partial charge in [0.05, 0.1) is 19.7 Å². The number of carbonyl (C=O) groups excluding carboxylic acids is 1. The maximum Gasteiger partial charge on any atom is 0.506 e. The van der Waals surface area contributed by atoms with E-state index in [2.05, 4.69) is 13.8 Å². The number of rotatable bonds is 12. The molecular formula is C28H37FN2O5. The Labute approximate surface area is 212 Å². The molecule has 7 nitrogen and oxygen atoms in total. The Morgan fingerprint density at radius 1 is 1.06 bits per heavy atom. The molecule has 0 spiro atoms. The quantitative estimate of drug-likeness (QED) is 0.390. The summed E-state index contributed by atoms with van der Waals surface area (Å²) in [6.45, 7) is 6.06. The van der Waals surface area contributed by atoms with Crippen molar-refractivity contribution in [3.8, 4) is 5.75 Å². The highest BCUT2D eigenvalue weighted by atomic mass is 19.1. The zero-order chi connectivity index (χ0) is 26.1. The van der Waals surface area contributed by atoms with Crippen molar-refractivity contribution in [2.45, 2.75) is 57.6 Å². The Morgan fingerprint density at radius 2 is 1.72 bits per heavy atom. The van der Waals surface area contributed by atoms with Crippen molar-refractivity contribution in [1.82, 2.24) is 9.80 Å². The fourth-order valence-corrected chi connectivity index (χ4v) is 4.89. The van der Waals surface area contributed by atoms with E-state index in [1.165, 1.54) is 12.1 Å². The lowest BCUT2D eigenvalue weighted by Crippen LogP contribution is -2.42. The van der Waals surface area contributed by atoms with E-state index in [9.17, 15) is 19.1 Å². The summed E-state index contributed by atoms with van der Waals surface area (Å²) in [7, 11) is 1.58. The summed E-state index contributed by atoms with van der Waals surface area (Å²) < 4.78 is 24.8. The zero-order valence-electron chi connectivity index (χ0n) is 21.4. The third kappa shape index (κ3) is 6.97. The molecule has 1 saturated heterocycles. The van der Waals surface area contributed by atoms with Crippen molar-refractivity contribution < 1.29 is 28.6 Å². The molecule has 1 N–H and O–H groups in total. The van der Waals surface area contributed by atoms with E-state index in [0.717, 1.165) is 31.2 Å². The lowest BCUT2D eigenvalue weighted by molar-refractivity contribution is -0.133. The van der Waals surface area contributed by atoms with Gasteiger partial charge in [0.15, 0.2) is 0 Å². The topological polar surface area (TPSA) is 79.3 Å². The van der Waals surface area contributed by atoms with Crippen LogP contribution >= 0.6 is 0 Å². The summed E-state index contributed by atoms with van der Waals surface area (Å²) in [5.74, 6) is -0.162. The minimum absolute atomic E-state index is 0.00405. The van der Waals surface area contributed by atoms with Crippen LogP contribution in [0.5, 0.6) is 5.75 Å². The molecule has 1 heterocycles. The molecule has 0 unspecified atom stereocenters. The number of amides is 1. The lowest BCUT2D eigenvalue weighted by Gasteiger charge is -2.30. The summed E-state index contributed by atoms with van der Waals surface area (Å²) in [6, 6.07) is 13.0. The second kappa shape index (κ2) is 13.3. The Kier molecular flexibility index (Phi) is 10.1. The van der Waals surface area contributed by atoms with E-state index in [-0.39, 0.29) is 12.5 Å². The van der Waals surface area contributed by atoms with Gasteiger partial charge in [-0.2, -0.15) is 0 Å². The summed E-state index contributed by atoms with van der Waals surface area (Å²) in [5.41, 5.74) is 1.45. The fraction of sp³-hybridized carbons (Fsp3) is 0.500. The first-order chi connectivity index (χ1) is 17.4. The van der Waals surface area contributed by atoms with Crippen LogP contribution in [0.3, 0.4) is 0 Å². The lowest BCUT2D eigenvalue weighted by atomic mass is 9.90. The van der Waals surface area contributed by atoms with Gasteiger partial charge in [-0.25, -0.2) is 9.18 Å². The summed E-state index contributed by atoms with van der Waals surface area (Å²) >= 11 is 0. The average molecular weight is 501 g/mol. The highest BCUT2D eigenvalue weighted by molar-refractivity contribution is 5.78. The number of carbonyl (C=O) groups is 2. The van der Waals surface area contributed by atoms with E-state index in [0.29, 0.717) is 30.9 Å². The van der Waals surface area contributed by atoms with Gasteiger partial charge in [0.25, 0.3) is 0 Å². The number of halogens is 1. The Morgan fingerprint density at radius 3 is 2.28 bits per heavy atom. The molecule has 3 atom stereocenters. The second-order valence-electron chi connectivity index (χ2n) is 9.25. The van der Waals surface area contributed by atoms with Crippen LogP contribution in [-0.4, -0.2) is 66.4 Å². The van der Waals surface area contributed by atoms with Gasteiger partial charge in [0.2, 0.25) is 5.91 Å². The van der Waals surface area contributed by atoms with Crippen molar-refractivity contribution >= 4 is 12.1 Å². The van der Waals surface area contributed by atoms with Crippen LogP contribution < -0.4 is 4.74 Å². The molecular weight excluding hydrogens is 463 g/mol. The van der Waals surface area contributed by atoms with E-state index >= 15 is 0 Å². The molecule has 3 rings (SSSR count). The predicted octanol–water partition coefficient (Wildman–Crippen LogP) is 5.47.